The van der Waals surface area contributed by atoms with Gasteiger partial charge in [-0.05, 0) is 26.3 Å². The highest BCUT2D eigenvalue weighted by Gasteiger charge is 2.20. The lowest BCUT2D eigenvalue weighted by molar-refractivity contribution is -0.00269. The van der Waals surface area contributed by atoms with Crippen LogP contribution < -0.4 is 5.32 Å². The summed E-state index contributed by atoms with van der Waals surface area (Å²) in [5.74, 6) is 0. The average Bonchev–Trinajstić information content (AvgIpc) is 2.15. The Labute approximate surface area is 75.7 Å². The molecule has 1 fully saturated rings. The van der Waals surface area contributed by atoms with E-state index in [1.165, 1.54) is 32.1 Å². The first-order valence-electron chi connectivity index (χ1n) is 5.15. The van der Waals surface area contributed by atoms with Crippen LogP contribution in [0.5, 0.6) is 0 Å². The summed E-state index contributed by atoms with van der Waals surface area (Å²) in [5, 5.41) is 3.33. The van der Waals surface area contributed by atoms with E-state index in [0.29, 0.717) is 12.1 Å². The second-order valence-corrected chi connectivity index (χ2v) is 3.65. The molecule has 1 N–H and O–H groups in total. The highest BCUT2D eigenvalue weighted by atomic mass is 16.5. The predicted octanol–water partition coefficient (Wildman–Crippen LogP) is 1.94. The average molecular weight is 171 g/mol. The van der Waals surface area contributed by atoms with Gasteiger partial charge in [0.15, 0.2) is 0 Å². The van der Waals surface area contributed by atoms with Crippen LogP contribution in [-0.4, -0.2) is 25.8 Å². The van der Waals surface area contributed by atoms with Crippen LogP contribution >= 0.6 is 0 Å². The molecule has 2 nitrogen and oxygen atoms in total. The van der Waals surface area contributed by atoms with Crippen LogP contribution in [0, 0.1) is 0 Å². The summed E-state index contributed by atoms with van der Waals surface area (Å²) < 4.78 is 5.67. The third kappa shape index (κ3) is 3.11. The maximum absolute atomic E-state index is 5.67. The number of unbranched alkanes of at least 4 members (excludes halogenated alkanes) is 1. The summed E-state index contributed by atoms with van der Waals surface area (Å²) in [6.07, 6.45) is 6.74. The molecule has 1 heterocycles. The zero-order valence-electron chi connectivity index (χ0n) is 8.31. The Morgan fingerprint density at radius 3 is 3.00 bits per heavy atom. The summed E-state index contributed by atoms with van der Waals surface area (Å²) in [6.45, 7) is 3.18. The van der Waals surface area contributed by atoms with E-state index in [1.54, 1.807) is 0 Å². The fourth-order valence-electron chi connectivity index (χ4n) is 1.78. The van der Waals surface area contributed by atoms with Crippen LogP contribution in [0.2, 0.25) is 0 Å². The quantitative estimate of drug-likeness (QED) is 0.698. The molecule has 72 valence electrons. The van der Waals surface area contributed by atoms with E-state index in [2.05, 4.69) is 12.2 Å². The molecule has 1 saturated heterocycles. The first-order chi connectivity index (χ1) is 5.86. The van der Waals surface area contributed by atoms with Gasteiger partial charge in [0.2, 0.25) is 0 Å². The van der Waals surface area contributed by atoms with Crippen molar-refractivity contribution in [1.82, 2.24) is 5.32 Å². The molecular weight excluding hydrogens is 150 g/mol. The van der Waals surface area contributed by atoms with Crippen LogP contribution in [0.15, 0.2) is 0 Å². The Morgan fingerprint density at radius 2 is 2.33 bits per heavy atom. The fourth-order valence-corrected chi connectivity index (χ4v) is 1.78. The Hall–Kier alpha value is -0.0800. The lowest BCUT2D eigenvalue weighted by Crippen LogP contribution is -2.36. The van der Waals surface area contributed by atoms with Crippen LogP contribution in [0.4, 0.5) is 0 Å². The zero-order chi connectivity index (χ0) is 8.81. The molecule has 0 saturated carbocycles. The SMILES string of the molecule is CCCCC1CC(NC)CCO1. The summed E-state index contributed by atoms with van der Waals surface area (Å²) in [5.41, 5.74) is 0. The zero-order valence-corrected chi connectivity index (χ0v) is 8.31. The van der Waals surface area contributed by atoms with Gasteiger partial charge in [0.1, 0.15) is 0 Å². The number of nitrogens with one attached hydrogen (secondary N) is 1. The molecule has 1 aliphatic heterocycles. The minimum atomic E-state index is 0.524. The smallest absolute Gasteiger partial charge is 0.0590 e. The van der Waals surface area contributed by atoms with Gasteiger partial charge >= 0.3 is 0 Å². The molecule has 2 heteroatoms. The molecule has 2 unspecified atom stereocenters. The molecule has 0 aromatic carbocycles. The van der Waals surface area contributed by atoms with Crippen molar-refractivity contribution in [2.24, 2.45) is 0 Å². The molecule has 0 bridgehead atoms. The number of hydrogen-bond acceptors (Lipinski definition) is 2. The van der Waals surface area contributed by atoms with Crippen molar-refractivity contribution in [2.45, 2.75) is 51.2 Å². The van der Waals surface area contributed by atoms with Crippen molar-refractivity contribution in [3.05, 3.63) is 0 Å². The lowest BCUT2D eigenvalue weighted by atomic mass is 10.00. The van der Waals surface area contributed by atoms with Gasteiger partial charge in [-0.15, -0.1) is 0 Å². The third-order valence-electron chi connectivity index (χ3n) is 2.66. The van der Waals surface area contributed by atoms with Gasteiger partial charge in [-0.3, -0.25) is 0 Å². The molecule has 1 rings (SSSR count). The van der Waals surface area contributed by atoms with Gasteiger partial charge in [-0.1, -0.05) is 19.8 Å². The normalized spacial score (nSPS) is 30.5. The first-order valence-corrected chi connectivity index (χ1v) is 5.15. The van der Waals surface area contributed by atoms with Crippen molar-refractivity contribution < 1.29 is 4.74 Å². The standard InChI is InChI=1S/C10H21NO/c1-3-4-5-10-8-9(11-2)6-7-12-10/h9-11H,3-8H2,1-2H3. The molecule has 1 aliphatic rings. The van der Waals surface area contributed by atoms with Crippen LogP contribution in [0.25, 0.3) is 0 Å². The molecule has 0 spiro atoms. The summed E-state index contributed by atoms with van der Waals surface area (Å²) in [7, 11) is 2.05. The molecule has 0 radical (unpaired) electrons. The van der Waals surface area contributed by atoms with E-state index in [1.807, 2.05) is 7.05 Å². The van der Waals surface area contributed by atoms with E-state index in [9.17, 15) is 0 Å². The fraction of sp³-hybridized carbons (Fsp3) is 1.00. The molecular formula is C10H21NO. The van der Waals surface area contributed by atoms with Crippen molar-refractivity contribution in [1.29, 1.82) is 0 Å². The third-order valence-corrected chi connectivity index (χ3v) is 2.66. The second-order valence-electron chi connectivity index (χ2n) is 3.65. The Kier molecular flexibility index (Phi) is 4.62. The topological polar surface area (TPSA) is 21.3 Å². The van der Waals surface area contributed by atoms with Gasteiger partial charge in [0.05, 0.1) is 6.10 Å². The molecule has 0 amide bonds. The van der Waals surface area contributed by atoms with Crippen molar-refractivity contribution in [2.75, 3.05) is 13.7 Å². The Bertz CT molecular complexity index is 116. The summed E-state index contributed by atoms with van der Waals surface area (Å²) in [6, 6.07) is 0.695. The van der Waals surface area contributed by atoms with Crippen LogP contribution in [0.3, 0.4) is 0 Å². The predicted molar refractivity (Wildman–Crippen MR) is 51.3 cm³/mol. The molecule has 0 aromatic rings. The van der Waals surface area contributed by atoms with Crippen molar-refractivity contribution in [3.8, 4) is 0 Å². The van der Waals surface area contributed by atoms with Crippen molar-refractivity contribution >= 4 is 0 Å². The van der Waals surface area contributed by atoms with E-state index >= 15 is 0 Å². The van der Waals surface area contributed by atoms with E-state index in [0.717, 1.165) is 6.61 Å². The Morgan fingerprint density at radius 1 is 1.50 bits per heavy atom. The molecule has 2 atom stereocenters. The first kappa shape index (κ1) is 10.0. The minimum Gasteiger partial charge on any atom is -0.378 e. The monoisotopic (exact) mass is 171 g/mol. The van der Waals surface area contributed by atoms with Gasteiger partial charge in [0.25, 0.3) is 0 Å². The lowest BCUT2D eigenvalue weighted by Gasteiger charge is -2.29. The van der Waals surface area contributed by atoms with Crippen LogP contribution in [-0.2, 0) is 4.74 Å². The maximum Gasteiger partial charge on any atom is 0.0590 e. The van der Waals surface area contributed by atoms with Crippen molar-refractivity contribution in [3.63, 3.8) is 0 Å². The van der Waals surface area contributed by atoms with E-state index in [4.69, 9.17) is 4.74 Å². The maximum atomic E-state index is 5.67. The summed E-state index contributed by atoms with van der Waals surface area (Å²) in [4.78, 5) is 0. The Balaban J connectivity index is 2.16. The second kappa shape index (κ2) is 5.55. The molecule has 12 heavy (non-hydrogen) atoms. The largest absolute Gasteiger partial charge is 0.378 e. The number of hydrogen-bond donors (Lipinski definition) is 1. The minimum absolute atomic E-state index is 0.524. The highest BCUT2D eigenvalue weighted by Crippen LogP contribution is 2.18. The highest BCUT2D eigenvalue weighted by molar-refractivity contribution is 4.75. The van der Waals surface area contributed by atoms with Gasteiger partial charge in [0, 0.05) is 12.6 Å². The van der Waals surface area contributed by atoms with Crippen LogP contribution in [0.1, 0.15) is 39.0 Å². The summed E-state index contributed by atoms with van der Waals surface area (Å²) >= 11 is 0. The van der Waals surface area contributed by atoms with Gasteiger partial charge < -0.3 is 10.1 Å². The number of ether oxygens (including phenoxy) is 1. The number of rotatable bonds is 4. The van der Waals surface area contributed by atoms with E-state index < -0.39 is 0 Å². The molecule has 0 aliphatic carbocycles. The van der Waals surface area contributed by atoms with Gasteiger partial charge in [-0.2, -0.15) is 0 Å². The molecule has 0 aromatic heterocycles. The van der Waals surface area contributed by atoms with Gasteiger partial charge in [-0.25, -0.2) is 0 Å². The van der Waals surface area contributed by atoms with E-state index in [-0.39, 0.29) is 0 Å².